The average molecular weight is 168 g/mol. The van der Waals surface area contributed by atoms with E-state index in [9.17, 15) is 5.11 Å². The molecule has 2 aliphatic carbocycles. The van der Waals surface area contributed by atoms with E-state index >= 15 is 0 Å². The number of rotatable bonds is 0. The molecule has 12 heavy (non-hydrogen) atoms. The molecule has 0 spiro atoms. The average Bonchev–Trinajstić information content (AvgIpc) is 2.18. The third kappa shape index (κ3) is 0.654. The zero-order chi connectivity index (χ0) is 9.20. The minimum atomic E-state index is -0.417. The van der Waals surface area contributed by atoms with Crippen molar-refractivity contribution in [1.82, 2.24) is 0 Å². The normalized spacial score (nSPS) is 56.2. The number of aliphatic hydroxyl groups is 1. The summed E-state index contributed by atoms with van der Waals surface area (Å²) < 4.78 is 0. The highest BCUT2D eigenvalue weighted by Crippen LogP contribution is 2.69. The zero-order valence-electron chi connectivity index (χ0n) is 8.65. The second-order valence-electron chi connectivity index (χ2n) is 5.77. The molecule has 0 radical (unpaired) electrons. The lowest BCUT2D eigenvalue weighted by Crippen LogP contribution is -2.44. The van der Waals surface area contributed by atoms with Crippen LogP contribution in [0.25, 0.3) is 0 Å². The third-order valence-electron chi connectivity index (χ3n) is 5.27. The van der Waals surface area contributed by atoms with Gasteiger partial charge < -0.3 is 5.11 Å². The van der Waals surface area contributed by atoms with Crippen LogP contribution >= 0.6 is 0 Å². The number of hydrogen-bond acceptors (Lipinski definition) is 1. The minimum Gasteiger partial charge on any atom is -0.390 e. The smallest absolute Gasteiger partial charge is 0.0681 e. The molecule has 0 heterocycles. The monoisotopic (exact) mass is 168 g/mol. The van der Waals surface area contributed by atoms with Crippen LogP contribution in [0.3, 0.4) is 0 Å². The van der Waals surface area contributed by atoms with Crippen LogP contribution in [0.15, 0.2) is 0 Å². The molecule has 0 aromatic carbocycles. The van der Waals surface area contributed by atoms with Gasteiger partial charge in [0.2, 0.25) is 0 Å². The second kappa shape index (κ2) is 1.89. The first-order valence-electron chi connectivity index (χ1n) is 5.04. The van der Waals surface area contributed by atoms with Crippen LogP contribution in [0.4, 0.5) is 0 Å². The molecule has 1 N–H and O–H groups in total. The van der Waals surface area contributed by atoms with E-state index in [1.54, 1.807) is 0 Å². The van der Waals surface area contributed by atoms with Crippen molar-refractivity contribution in [3.63, 3.8) is 0 Å². The first kappa shape index (κ1) is 8.55. The van der Waals surface area contributed by atoms with Crippen LogP contribution in [0.5, 0.6) is 0 Å². The van der Waals surface area contributed by atoms with Crippen LogP contribution in [0, 0.1) is 16.7 Å². The van der Waals surface area contributed by atoms with E-state index in [0.29, 0.717) is 5.41 Å². The fourth-order valence-corrected chi connectivity index (χ4v) is 3.62. The lowest BCUT2D eigenvalue weighted by atomic mass is 9.65. The van der Waals surface area contributed by atoms with Gasteiger partial charge in [-0.25, -0.2) is 0 Å². The topological polar surface area (TPSA) is 20.2 Å². The molecule has 0 aliphatic heterocycles. The summed E-state index contributed by atoms with van der Waals surface area (Å²) in [6, 6.07) is 0. The van der Waals surface area contributed by atoms with E-state index in [-0.39, 0.29) is 5.41 Å². The van der Waals surface area contributed by atoms with Crippen LogP contribution in [0.2, 0.25) is 0 Å². The predicted molar refractivity (Wildman–Crippen MR) is 49.9 cm³/mol. The maximum atomic E-state index is 10.3. The summed E-state index contributed by atoms with van der Waals surface area (Å²) in [4.78, 5) is 0. The van der Waals surface area contributed by atoms with Crippen molar-refractivity contribution < 1.29 is 5.11 Å². The Morgan fingerprint density at radius 3 is 1.92 bits per heavy atom. The summed E-state index contributed by atoms with van der Waals surface area (Å²) in [7, 11) is 0. The van der Waals surface area contributed by atoms with Crippen molar-refractivity contribution in [2.24, 2.45) is 16.7 Å². The quantitative estimate of drug-likeness (QED) is 0.589. The van der Waals surface area contributed by atoms with Crippen LogP contribution in [-0.2, 0) is 0 Å². The zero-order valence-corrected chi connectivity index (χ0v) is 8.65. The Bertz CT molecular complexity index is 217. The van der Waals surface area contributed by atoms with Gasteiger partial charge >= 0.3 is 0 Å². The number of hydrogen-bond donors (Lipinski definition) is 1. The molecule has 2 bridgehead atoms. The molecule has 2 rings (SSSR count). The summed E-state index contributed by atoms with van der Waals surface area (Å²) in [6.45, 7) is 8.94. The van der Waals surface area contributed by atoms with Crippen molar-refractivity contribution in [2.75, 3.05) is 0 Å². The molecule has 2 fully saturated rings. The van der Waals surface area contributed by atoms with E-state index in [4.69, 9.17) is 0 Å². The maximum absolute atomic E-state index is 10.3. The van der Waals surface area contributed by atoms with Gasteiger partial charge in [0, 0.05) is 5.41 Å². The fraction of sp³-hybridized carbons (Fsp3) is 1.00. The summed E-state index contributed by atoms with van der Waals surface area (Å²) in [5.41, 5.74) is 0.0839. The van der Waals surface area contributed by atoms with Crippen LogP contribution < -0.4 is 0 Å². The molecule has 1 heteroatoms. The Hall–Kier alpha value is -0.0400. The van der Waals surface area contributed by atoms with E-state index < -0.39 is 5.60 Å². The summed E-state index contributed by atoms with van der Waals surface area (Å²) in [5.74, 6) is 0.748. The molecule has 2 aliphatic rings. The summed E-state index contributed by atoms with van der Waals surface area (Å²) >= 11 is 0. The second-order valence-corrected chi connectivity index (χ2v) is 5.77. The Labute approximate surface area is 75.2 Å². The first-order chi connectivity index (χ1) is 5.31. The molecular weight excluding hydrogens is 148 g/mol. The summed E-state index contributed by atoms with van der Waals surface area (Å²) in [5, 5.41) is 10.3. The van der Waals surface area contributed by atoms with Gasteiger partial charge in [-0.1, -0.05) is 20.8 Å². The highest BCUT2D eigenvalue weighted by molar-refractivity contribution is 5.16. The minimum absolute atomic E-state index is 0.157. The van der Waals surface area contributed by atoms with Gasteiger partial charge in [0.1, 0.15) is 0 Å². The molecule has 2 saturated carbocycles. The Morgan fingerprint density at radius 2 is 1.75 bits per heavy atom. The molecule has 3 atom stereocenters. The van der Waals surface area contributed by atoms with Crippen molar-refractivity contribution in [2.45, 2.75) is 52.6 Å². The van der Waals surface area contributed by atoms with Crippen molar-refractivity contribution in [1.29, 1.82) is 0 Å². The molecule has 0 aromatic rings. The van der Waals surface area contributed by atoms with Crippen LogP contribution in [0.1, 0.15) is 47.0 Å². The SMILES string of the molecule is CC1(C)[C@H]2CC[C@]1(C)[C@](C)(O)C2. The van der Waals surface area contributed by atoms with Gasteiger partial charge in [0.05, 0.1) is 5.60 Å². The van der Waals surface area contributed by atoms with Gasteiger partial charge in [-0.2, -0.15) is 0 Å². The van der Waals surface area contributed by atoms with E-state index in [2.05, 4.69) is 20.8 Å². The lowest BCUT2D eigenvalue weighted by Gasteiger charge is -2.43. The molecule has 1 nitrogen and oxygen atoms in total. The Kier molecular flexibility index (Phi) is 1.35. The predicted octanol–water partition coefficient (Wildman–Crippen LogP) is 2.58. The largest absolute Gasteiger partial charge is 0.390 e. The summed E-state index contributed by atoms with van der Waals surface area (Å²) in [6.07, 6.45) is 3.54. The molecule has 0 amide bonds. The Morgan fingerprint density at radius 1 is 1.17 bits per heavy atom. The molecule has 0 saturated heterocycles. The van der Waals surface area contributed by atoms with Gasteiger partial charge in [0.15, 0.2) is 0 Å². The van der Waals surface area contributed by atoms with Gasteiger partial charge in [0.25, 0.3) is 0 Å². The standard InChI is InChI=1S/C11H20O/c1-9(2)8-5-6-10(9,3)11(4,12)7-8/h8,12H,5-7H2,1-4H3/t8-,10-,11+/m0/s1. The molecule has 70 valence electrons. The van der Waals surface area contributed by atoms with Crippen molar-refractivity contribution in [3.05, 3.63) is 0 Å². The van der Waals surface area contributed by atoms with Crippen LogP contribution in [-0.4, -0.2) is 10.7 Å². The highest BCUT2D eigenvalue weighted by atomic mass is 16.3. The van der Waals surface area contributed by atoms with Crippen molar-refractivity contribution in [3.8, 4) is 0 Å². The molecular formula is C11H20O. The third-order valence-corrected chi connectivity index (χ3v) is 5.27. The van der Waals surface area contributed by atoms with Gasteiger partial charge in [-0.05, 0) is 37.5 Å². The number of fused-ring (bicyclic) bond motifs is 2. The fourth-order valence-electron chi connectivity index (χ4n) is 3.62. The molecule has 0 aromatic heterocycles. The molecule has 0 unspecified atom stereocenters. The van der Waals surface area contributed by atoms with E-state index in [1.807, 2.05) is 6.92 Å². The highest BCUT2D eigenvalue weighted by Gasteiger charge is 2.66. The lowest BCUT2D eigenvalue weighted by molar-refractivity contribution is -0.0745. The van der Waals surface area contributed by atoms with E-state index in [1.165, 1.54) is 12.8 Å². The van der Waals surface area contributed by atoms with Gasteiger partial charge in [-0.15, -0.1) is 0 Å². The Balaban J connectivity index is 2.47. The first-order valence-corrected chi connectivity index (χ1v) is 5.04. The van der Waals surface area contributed by atoms with Crippen molar-refractivity contribution >= 4 is 0 Å². The van der Waals surface area contributed by atoms with Gasteiger partial charge in [-0.3, -0.25) is 0 Å². The van der Waals surface area contributed by atoms with E-state index in [0.717, 1.165) is 12.3 Å². The maximum Gasteiger partial charge on any atom is 0.0681 e.